The number of ether oxygens (including phenoxy) is 2. The summed E-state index contributed by atoms with van der Waals surface area (Å²) >= 11 is 3.39. The lowest BCUT2D eigenvalue weighted by Crippen LogP contribution is -2.44. The van der Waals surface area contributed by atoms with E-state index in [4.69, 9.17) is 9.47 Å². The van der Waals surface area contributed by atoms with Crippen molar-refractivity contribution in [2.45, 2.75) is 19.4 Å². The number of likely N-dealkylation sites (N-methyl/N-ethyl adjacent to an activating group) is 1. The summed E-state index contributed by atoms with van der Waals surface area (Å²) in [5.41, 5.74) is 2.31. The molecule has 1 aliphatic rings. The van der Waals surface area contributed by atoms with Crippen molar-refractivity contribution in [3.8, 4) is 11.5 Å². The Morgan fingerprint density at radius 2 is 1.81 bits per heavy atom. The number of carbonyl (C=O) groups is 3. The quantitative estimate of drug-likeness (QED) is 0.581. The maximum absolute atomic E-state index is 12.7. The van der Waals surface area contributed by atoms with Crippen LogP contribution >= 0.6 is 15.9 Å². The predicted molar refractivity (Wildman–Crippen MR) is 119 cm³/mol. The summed E-state index contributed by atoms with van der Waals surface area (Å²) in [5, 5.41) is 5.15. The summed E-state index contributed by atoms with van der Waals surface area (Å²) in [4.78, 5) is 39.0. The van der Waals surface area contributed by atoms with E-state index in [9.17, 15) is 14.4 Å². The molecule has 0 saturated carbocycles. The number of fused-ring (bicyclic) bond motifs is 1. The van der Waals surface area contributed by atoms with Gasteiger partial charge in [0.15, 0.2) is 11.5 Å². The van der Waals surface area contributed by atoms with Gasteiger partial charge in [-0.2, -0.15) is 0 Å². The van der Waals surface area contributed by atoms with Crippen LogP contribution in [0.4, 0.5) is 5.69 Å². The molecular formula is C22H24BrN3O5. The summed E-state index contributed by atoms with van der Waals surface area (Å²) in [6.07, 6.45) is 0.501. The van der Waals surface area contributed by atoms with Gasteiger partial charge in [0.1, 0.15) is 6.04 Å². The van der Waals surface area contributed by atoms with E-state index in [1.165, 1.54) is 0 Å². The Morgan fingerprint density at radius 1 is 1.06 bits per heavy atom. The van der Waals surface area contributed by atoms with Crippen LogP contribution in [0.25, 0.3) is 0 Å². The molecule has 0 saturated heterocycles. The minimum atomic E-state index is -0.892. The SMILES string of the molecule is CCN1C(=O)C(NC(=O)C(=O)NCCc2ccc(OC)c(OC)c2)c2cc(Br)ccc21. The molecule has 0 bridgehead atoms. The molecule has 3 rings (SSSR count). The summed E-state index contributed by atoms with van der Waals surface area (Å²) in [6, 6.07) is 9.99. The van der Waals surface area contributed by atoms with Crippen LogP contribution in [0.15, 0.2) is 40.9 Å². The highest BCUT2D eigenvalue weighted by atomic mass is 79.9. The van der Waals surface area contributed by atoms with Crippen molar-refractivity contribution in [3.05, 3.63) is 52.0 Å². The number of rotatable bonds is 7. The standard InChI is InChI=1S/C22H24BrN3O5/c1-4-26-16-7-6-14(23)12-15(16)19(22(26)29)25-21(28)20(27)24-10-9-13-5-8-17(30-2)18(11-13)31-3/h5-8,11-12,19H,4,9-10H2,1-3H3,(H,24,27)(H,25,28). The van der Waals surface area contributed by atoms with Gasteiger partial charge in [-0.3, -0.25) is 14.4 Å². The lowest BCUT2D eigenvalue weighted by Gasteiger charge is -2.15. The van der Waals surface area contributed by atoms with Crippen molar-refractivity contribution < 1.29 is 23.9 Å². The lowest BCUT2D eigenvalue weighted by atomic mass is 10.1. The number of nitrogens with one attached hydrogen (secondary N) is 2. The van der Waals surface area contributed by atoms with Crippen LogP contribution < -0.4 is 25.0 Å². The molecule has 31 heavy (non-hydrogen) atoms. The van der Waals surface area contributed by atoms with E-state index in [1.54, 1.807) is 31.3 Å². The molecule has 8 nitrogen and oxygen atoms in total. The predicted octanol–water partition coefficient (Wildman–Crippen LogP) is 2.35. The number of anilines is 1. The number of amides is 3. The third-order valence-corrected chi connectivity index (χ3v) is 5.54. The Labute approximate surface area is 189 Å². The zero-order valence-electron chi connectivity index (χ0n) is 17.5. The molecule has 2 aromatic carbocycles. The first-order chi connectivity index (χ1) is 14.9. The maximum Gasteiger partial charge on any atom is 0.310 e. The van der Waals surface area contributed by atoms with Gasteiger partial charge in [-0.15, -0.1) is 0 Å². The fraction of sp³-hybridized carbons (Fsp3) is 0.318. The fourth-order valence-corrected chi connectivity index (χ4v) is 3.89. The van der Waals surface area contributed by atoms with Gasteiger partial charge in [0.2, 0.25) is 0 Å². The highest BCUT2D eigenvalue weighted by Crippen LogP contribution is 2.37. The van der Waals surface area contributed by atoms with E-state index >= 15 is 0 Å². The minimum Gasteiger partial charge on any atom is -0.493 e. The molecule has 9 heteroatoms. The van der Waals surface area contributed by atoms with Crippen LogP contribution in [0.5, 0.6) is 11.5 Å². The van der Waals surface area contributed by atoms with Crippen molar-refractivity contribution in [1.82, 2.24) is 10.6 Å². The summed E-state index contributed by atoms with van der Waals surface area (Å²) < 4.78 is 11.3. The molecule has 1 aliphatic heterocycles. The Hall–Kier alpha value is -3.07. The number of halogens is 1. The van der Waals surface area contributed by atoms with Crippen molar-refractivity contribution in [1.29, 1.82) is 0 Å². The second-order valence-electron chi connectivity index (χ2n) is 6.89. The van der Waals surface area contributed by atoms with Crippen molar-refractivity contribution >= 4 is 39.3 Å². The Morgan fingerprint density at radius 3 is 2.48 bits per heavy atom. The van der Waals surface area contributed by atoms with E-state index in [2.05, 4.69) is 26.6 Å². The first-order valence-corrected chi connectivity index (χ1v) is 10.6. The van der Waals surface area contributed by atoms with E-state index < -0.39 is 17.9 Å². The van der Waals surface area contributed by atoms with Crippen molar-refractivity contribution in [2.24, 2.45) is 0 Å². The summed E-state index contributed by atoms with van der Waals surface area (Å²) in [6.45, 7) is 2.58. The smallest absolute Gasteiger partial charge is 0.310 e. The number of hydrogen-bond acceptors (Lipinski definition) is 5. The number of methoxy groups -OCH3 is 2. The third-order valence-electron chi connectivity index (χ3n) is 5.05. The van der Waals surface area contributed by atoms with Crippen LogP contribution in [0.3, 0.4) is 0 Å². The monoisotopic (exact) mass is 489 g/mol. The van der Waals surface area contributed by atoms with Crippen LogP contribution in [-0.2, 0) is 20.8 Å². The van der Waals surface area contributed by atoms with Crippen LogP contribution in [-0.4, -0.2) is 45.0 Å². The number of hydrogen-bond donors (Lipinski definition) is 2. The molecule has 1 unspecified atom stereocenters. The van der Waals surface area contributed by atoms with Gasteiger partial charge in [-0.1, -0.05) is 22.0 Å². The highest BCUT2D eigenvalue weighted by Gasteiger charge is 2.38. The molecule has 2 aromatic rings. The fourth-order valence-electron chi connectivity index (χ4n) is 3.51. The number of carbonyl (C=O) groups excluding carboxylic acids is 3. The molecule has 0 aromatic heterocycles. The molecule has 0 aliphatic carbocycles. The van der Waals surface area contributed by atoms with Crippen LogP contribution in [0.1, 0.15) is 24.1 Å². The van der Waals surface area contributed by atoms with Gasteiger partial charge in [-0.25, -0.2) is 0 Å². The van der Waals surface area contributed by atoms with Gasteiger partial charge < -0.3 is 25.0 Å². The maximum atomic E-state index is 12.7. The second kappa shape index (κ2) is 9.82. The van der Waals surface area contributed by atoms with Crippen molar-refractivity contribution in [3.63, 3.8) is 0 Å². The Balaban J connectivity index is 1.60. The van der Waals surface area contributed by atoms with Gasteiger partial charge in [-0.05, 0) is 49.2 Å². The van der Waals surface area contributed by atoms with E-state index in [0.29, 0.717) is 30.0 Å². The van der Waals surface area contributed by atoms with E-state index in [-0.39, 0.29) is 12.5 Å². The molecule has 164 valence electrons. The third kappa shape index (κ3) is 4.82. The van der Waals surface area contributed by atoms with Crippen molar-refractivity contribution in [2.75, 3.05) is 32.2 Å². The van der Waals surface area contributed by atoms with Gasteiger partial charge in [0.05, 0.1) is 14.2 Å². The zero-order valence-corrected chi connectivity index (χ0v) is 19.1. The Bertz CT molecular complexity index is 1010. The van der Waals surface area contributed by atoms with E-state index in [1.807, 2.05) is 31.2 Å². The topological polar surface area (TPSA) is 97.0 Å². The van der Waals surface area contributed by atoms with Gasteiger partial charge in [0, 0.05) is 28.8 Å². The van der Waals surface area contributed by atoms with Gasteiger partial charge >= 0.3 is 11.8 Å². The molecule has 3 amide bonds. The second-order valence-corrected chi connectivity index (χ2v) is 7.80. The summed E-state index contributed by atoms with van der Waals surface area (Å²) in [7, 11) is 3.11. The van der Waals surface area contributed by atoms with E-state index in [0.717, 1.165) is 15.7 Å². The van der Waals surface area contributed by atoms with Crippen LogP contribution in [0.2, 0.25) is 0 Å². The lowest BCUT2D eigenvalue weighted by molar-refractivity contribution is -0.140. The summed E-state index contributed by atoms with van der Waals surface area (Å²) in [5.74, 6) is -0.700. The number of benzene rings is 2. The Kier molecular flexibility index (Phi) is 7.17. The minimum absolute atomic E-state index is 0.254. The molecule has 0 fully saturated rings. The number of nitrogens with zero attached hydrogens (tertiary/aromatic N) is 1. The molecule has 0 radical (unpaired) electrons. The zero-order chi connectivity index (χ0) is 22.5. The largest absolute Gasteiger partial charge is 0.493 e. The van der Waals surface area contributed by atoms with Crippen LogP contribution in [0, 0.1) is 0 Å². The first-order valence-electron chi connectivity index (χ1n) is 9.80. The average Bonchev–Trinajstić information content (AvgIpc) is 3.03. The molecule has 1 atom stereocenters. The highest BCUT2D eigenvalue weighted by molar-refractivity contribution is 9.10. The van der Waals surface area contributed by atoms with Gasteiger partial charge in [0.25, 0.3) is 5.91 Å². The average molecular weight is 490 g/mol. The molecule has 2 N–H and O–H groups in total. The normalized spacial score (nSPS) is 14.8. The molecule has 0 spiro atoms. The molecule has 1 heterocycles. The molecular weight excluding hydrogens is 466 g/mol. The first kappa shape index (κ1) is 22.6.